The van der Waals surface area contributed by atoms with Crippen molar-refractivity contribution in [2.24, 2.45) is 0 Å². The lowest BCUT2D eigenvalue weighted by Crippen LogP contribution is -2.35. The van der Waals surface area contributed by atoms with Crippen molar-refractivity contribution < 1.29 is 22.6 Å². The Hall–Kier alpha value is -0.980. The summed E-state index contributed by atoms with van der Waals surface area (Å²) in [6.45, 7) is 1.53. The van der Waals surface area contributed by atoms with Crippen molar-refractivity contribution in [3.05, 3.63) is 29.8 Å². The first-order chi connectivity index (χ1) is 8.06. The van der Waals surface area contributed by atoms with Gasteiger partial charge in [-0.3, -0.25) is 0 Å². The van der Waals surface area contributed by atoms with Crippen LogP contribution in [0, 0.1) is 0 Å². The number of para-hydroxylation sites is 1. The number of benzene rings is 1. The standard InChI is InChI=1S/C11H12F3NO2.ClH/c12-11(13,14)17-10-4-2-1-3-8(10)9-7-16-6-5-15-9;/h1-4,9,15H,5-7H2;1H/t9-;/m1./s1. The molecular weight excluding hydrogens is 271 g/mol. The van der Waals surface area contributed by atoms with Crippen molar-refractivity contribution in [2.75, 3.05) is 19.8 Å². The van der Waals surface area contributed by atoms with Crippen LogP contribution in [-0.4, -0.2) is 26.1 Å². The molecule has 0 spiro atoms. The Morgan fingerprint density at radius 2 is 2.00 bits per heavy atom. The van der Waals surface area contributed by atoms with Gasteiger partial charge in [-0.2, -0.15) is 0 Å². The van der Waals surface area contributed by atoms with Crippen molar-refractivity contribution in [3.63, 3.8) is 0 Å². The largest absolute Gasteiger partial charge is 0.573 e. The Bertz CT molecular complexity index is 381. The summed E-state index contributed by atoms with van der Waals surface area (Å²) in [5.74, 6) is -0.178. The van der Waals surface area contributed by atoms with Gasteiger partial charge < -0.3 is 14.8 Å². The third-order valence-corrected chi connectivity index (χ3v) is 2.44. The van der Waals surface area contributed by atoms with Crippen LogP contribution in [0.2, 0.25) is 0 Å². The Labute approximate surface area is 109 Å². The zero-order valence-corrected chi connectivity index (χ0v) is 10.2. The second kappa shape index (κ2) is 6.26. The van der Waals surface area contributed by atoms with Crippen LogP contribution in [0.1, 0.15) is 11.6 Å². The molecule has 102 valence electrons. The van der Waals surface area contributed by atoms with E-state index in [9.17, 15) is 13.2 Å². The molecule has 0 saturated carbocycles. The number of alkyl halides is 3. The van der Waals surface area contributed by atoms with Crippen LogP contribution in [0.4, 0.5) is 13.2 Å². The van der Waals surface area contributed by atoms with E-state index in [1.54, 1.807) is 12.1 Å². The Kier molecular flexibility index (Phi) is 5.25. The van der Waals surface area contributed by atoms with Crippen molar-refractivity contribution in [3.8, 4) is 5.75 Å². The van der Waals surface area contributed by atoms with Gasteiger partial charge in [-0.25, -0.2) is 0 Å². The van der Waals surface area contributed by atoms with Gasteiger partial charge in [0.2, 0.25) is 0 Å². The zero-order valence-electron chi connectivity index (χ0n) is 9.37. The average Bonchev–Trinajstić information content (AvgIpc) is 2.29. The van der Waals surface area contributed by atoms with Gasteiger partial charge in [0.1, 0.15) is 5.75 Å². The van der Waals surface area contributed by atoms with Crippen LogP contribution in [0.25, 0.3) is 0 Å². The third kappa shape index (κ3) is 4.04. The molecule has 1 saturated heterocycles. The fourth-order valence-corrected chi connectivity index (χ4v) is 1.75. The maximum Gasteiger partial charge on any atom is 0.573 e. The van der Waals surface area contributed by atoms with Crippen LogP contribution in [-0.2, 0) is 4.74 Å². The molecule has 0 aliphatic carbocycles. The van der Waals surface area contributed by atoms with Gasteiger partial charge in [0.15, 0.2) is 0 Å². The van der Waals surface area contributed by atoms with Crippen LogP contribution in [0.15, 0.2) is 24.3 Å². The topological polar surface area (TPSA) is 30.5 Å². The summed E-state index contributed by atoms with van der Waals surface area (Å²) in [6, 6.07) is 5.83. The van der Waals surface area contributed by atoms with Gasteiger partial charge in [0, 0.05) is 12.1 Å². The molecule has 0 radical (unpaired) electrons. The van der Waals surface area contributed by atoms with E-state index < -0.39 is 6.36 Å². The molecule has 18 heavy (non-hydrogen) atoms. The Balaban J connectivity index is 0.00000162. The van der Waals surface area contributed by atoms with Gasteiger partial charge >= 0.3 is 6.36 Å². The summed E-state index contributed by atoms with van der Waals surface area (Å²) in [5.41, 5.74) is 0.463. The molecule has 7 heteroatoms. The lowest BCUT2D eigenvalue weighted by molar-refractivity contribution is -0.275. The first-order valence-electron chi connectivity index (χ1n) is 5.22. The fraction of sp³-hybridized carbons (Fsp3) is 0.455. The molecule has 1 heterocycles. The third-order valence-electron chi connectivity index (χ3n) is 2.44. The van der Waals surface area contributed by atoms with Crippen LogP contribution < -0.4 is 10.1 Å². The summed E-state index contributed by atoms with van der Waals surface area (Å²) in [4.78, 5) is 0. The fourth-order valence-electron chi connectivity index (χ4n) is 1.75. The predicted octanol–water partition coefficient (Wildman–Crippen LogP) is 2.67. The summed E-state index contributed by atoms with van der Waals surface area (Å²) in [7, 11) is 0. The number of hydrogen-bond acceptors (Lipinski definition) is 3. The van der Waals surface area contributed by atoms with Gasteiger partial charge in [-0.05, 0) is 6.07 Å². The highest BCUT2D eigenvalue weighted by molar-refractivity contribution is 5.85. The molecule has 3 nitrogen and oxygen atoms in total. The number of rotatable bonds is 2. The maximum absolute atomic E-state index is 12.2. The molecule has 1 atom stereocenters. The van der Waals surface area contributed by atoms with Crippen LogP contribution in [0.5, 0.6) is 5.75 Å². The predicted molar refractivity (Wildman–Crippen MR) is 61.9 cm³/mol. The van der Waals surface area contributed by atoms with E-state index in [0.29, 0.717) is 25.3 Å². The molecule has 0 bridgehead atoms. The van der Waals surface area contributed by atoms with E-state index in [2.05, 4.69) is 10.1 Å². The summed E-state index contributed by atoms with van der Waals surface area (Å²) in [6.07, 6.45) is -4.67. The van der Waals surface area contributed by atoms with Gasteiger partial charge in [-0.15, -0.1) is 25.6 Å². The van der Waals surface area contributed by atoms with Gasteiger partial charge in [0.05, 0.1) is 19.3 Å². The molecule has 1 N–H and O–H groups in total. The van der Waals surface area contributed by atoms with E-state index in [0.717, 1.165) is 0 Å². The summed E-state index contributed by atoms with van der Waals surface area (Å²) >= 11 is 0. The molecule has 0 aromatic heterocycles. The molecule has 0 amide bonds. The number of nitrogens with one attached hydrogen (secondary N) is 1. The molecular formula is C11H13ClF3NO2. The molecule has 1 fully saturated rings. The summed E-state index contributed by atoms with van der Waals surface area (Å²) < 4.78 is 45.9. The Morgan fingerprint density at radius 1 is 1.28 bits per heavy atom. The van der Waals surface area contributed by atoms with Crippen LogP contribution in [0.3, 0.4) is 0 Å². The van der Waals surface area contributed by atoms with Crippen molar-refractivity contribution >= 4 is 12.4 Å². The monoisotopic (exact) mass is 283 g/mol. The molecule has 2 rings (SSSR count). The number of ether oxygens (including phenoxy) is 2. The Morgan fingerprint density at radius 3 is 2.61 bits per heavy atom. The van der Waals surface area contributed by atoms with Gasteiger partial charge in [-0.1, -0.05) is 18.2 Å². The molecule has 1 aromatic rings. The van der Waals surface area contributed by atoms with Crippen molar-refractivity contribution in [1.29, 1.82) is 0 Å². The molecule has 1 aliphatic rings. The first kappa shape index (κ1) is 15.1. The second-order valence-electron chi connectivity index (χ2n) is 3.67. The SMILES string of the molecule is Cl.FC(F)(F)Oc1ccccc1[C@H]1COCCN1. The highest BCUT2D eigenvalue weighted by Gasteiger charge is 2.33. The molecule has 1 aliphatic heterocycles. The first-order valence-corrected chi connectivity index (χ1v) is 5.22. The minimum absolute atomic E-state index is 0. The molecule has 1 aromatic carbocycles. The quantitative estimate of drug-likeness (QED) is 0.905. The van der Waals surface area contributed by atoms with Crippen molar-refractivity contribution in [1.82, 2.24) is 5.32 Å². The van der Waals surface area contributed by atoms with E-state index >= 15 is 0 Å². The maximum atomic E-state index is 12.2. The lowest BCUT2D eigenvalue weighted by Gasteiger charge is -2.26. The normalized spacial score (nSPS) is 20.1. The molecule has 0 unspecified atom stereocenters. The lowest BCUT2D eigenvalue weighted by atomic mass is 10.1. The number of halogens is 4. The summed E-state index contributed by atoms with van der Waals surface area (Å²) in [5, 5.41) is 3.09. The number of hydrogen-bond donors (Lipinski definition) is 1. The number of morpholine rings is 1. The van der Waals surface area contributed by atoms with E-state index in [-0.39, 0.29) is 24.2 Å². The average molecular weight is 284 g/mol. The smallest absolute Gasteiger partial charge is 0.405 e. The zero-order chi connectivity index (χ0) is 12.3. The van der Waals surface area contributed by atoms with E-state index in [1.807, 2.05) is 0 Å². The van der Waals surface area contributed by atoms with E-state index in [4.69, 9.17) is 4.74 Å². The van der Waals surface area contributed by atoms with Crippen molar-refractivity contribution in [2.45, 2.75) is 12.4 Å². The highest BCUT2D eigenvalue weighted by Crippen LogP contribution is 2.30. The second-order valence-corrected chi connectivity index (χ2v) is 3.67. The van der Waals surface area contributed by atoms with E-state index in [1.165, 1.54) is 12.1 Å². The minimum atomic E-state index is -4.67. The van der Waals surface area contributed by atoms with Crippen LogP contribution >= 0.6 is 12.4 Å². The van der Waals surface area contributed by atoms with Gasteiger partial charge in [0.25, 0.3) is 0 Å². The minimum Gasteiger partial charge on any atom is -0.405 e. The highest BCUT2D eigenvalue weighted by atomic mass is 35.5.